The van der Waals surface area contributed by atoms with Gasteiger partial charge in [-0.05, 0) is 11.1 Å². The first-order chi connectivity index (χ1) is 8.16. The van der Waals surface area contributed by atoms with Crippen molar-refractivity contribution in [2.24, 2.45) is 5.73 Å². The van der Waals surface area contributed by atoms with Gasteiger partial charge in [-0.2, -0.15) is 0 Å². The topological polar surface area (TPSA) is 64.3 Å². The number of ether oxygens (including phenoxy) is 1. The van der Waals surface area contributed by atoms with Crippen LogP contribution in [0.25, 0.3) is 0 Å². The number of amides is 2. The molecule has 0 spiro atoms. The minimum Gasteiger partial charge on any atom is -0.369 e. The van der Waals surface area contributed by atoms with Crippen molar-refractivity contribution in [2.75, 3.05) is 0 Å². The highest BCUT2D eigenvalue weighted by molar-refractivity contribution is 5.72. The van der Waals surface area contributed by atoms with Crippen LogP contribution in [0.2, 0.25) is 0 Å². The van der Waals surface area contributed by atoms with E-state index in [1.54, 1.807) is 0 Å². The smallest absolute Gasteiger partial charge is 0.312 e. The zero-order valence-electron chi connectivity index (χ0n) is 9.56. The summed E-state index contributed by atoms with van der Waals surface area (Å²) in [5, 5.41) is 2.62. The van der Waals surface area contributed by atoms with Crippen molar-refractivity contribution in [2.45, 2.75) is 25.2 Å². The molecule has 0 aromatic heterocycles. The third kappa shape index (κ3) is 2.85. The molecule has 1 saturated carbocycles. The molecule has 0 bridgehead atoms. The van der Waals surface area contributed by atoms with Gasteiger partial charge in [0, 0.05) is 6.42 Å². The van der Waals surface area contributed by atoms with E-state index in [4.69, 9.17) is 10.5 Å². The number of primary amides is 1. The number of hydrogen-bond donors (Lipinski definition) is 2. The van der Waals surface area contributed by atoms with E-state index < -0.39 is 6.03 Å². The number of nitrogens with two attached hydrogens (primary N) is 1. The van der Waals surface area contributed by atoms with Crippen LogP contribution in [0.4, 0.5) is 4.79 Å². The minimum absolute atomic E-state index is 0.0204. The van der Waals surface area contributed by atoms with Crippen LogP contribution in [0.1, 0.15) is 12.0 Å². The van der Waals surface area contributed by atoms with Crippen LogP contribution in [0.15, 0.2) is 42.5 Å². The molecule has 90 valence electrons. The summed E-state index contributed by atoms with van der Waals surface area (Å²) in [5.74, 6) is 0. The zero-order valence-corrected chi connectivity index (χ0v) is 9.56. The lowest BCUT2D eigenvalue weighted by Gasteiger charge is -2.38. The normalized spacial score (nSPS) is 22.9. The number of carbonyl (C=O) groups is 1. The Balaban J connectivity index is 1.76. The highest BCUT2D eigenvalue weighted by Crippen LogP contribution is 2.29. The van der Waals surface area contributed by atoms with Gasteiger partial charge < -0.3 is 15.8 Å². The molecule has 2 amide bonds. The van der Waals surface area contributed by atoms with Crippen LogP contribution in [0.5, 0.6) is 0 Å². The quantitative estimate of drug-likeness (QED) is 0.774. The Morgan fingerprint density at radius 1 is 1.47 bits per heavy atom. The van der Waals surface area contributed by atoms with E-state index in [0.717, 1.165) is 17.6 Å². The predicted molar refractivity (Wildman–Crippen MR) is 65.3 cm³/mol. The molecule has 2 unspecified atom stereocenters. The molecule has 0 heterocycles. The number of hydrogen-bond acceptors (Lipinski definition) is 2. The van der Waals surface area contributed by atoms with E-state index in [0.29, 0.717) is 6.61 Å². The molecule has 4 heteroatoms. The molecule has 1 aromatic rings. The van der Waals surface area contributed by atoms with Crippen LogP contribution in [-0.4, -0.2) is 18.2 Å². The molecule has 1 aliphatic rings. The summed E-state index contributed by atoms with van der Waals surface area (Å²) in [6, 6.07) is 9.41. The van der Waals surface area contributed by atoms with Crippen molar-refractivity contribution in [3.8, 4) is 0 Å². The third-order valence-corrected chi connectivity index (χ3v) is 2.92. The lowest BCUT2D eigenvalue weighted by atomic mass is 9.84. The van der Waals surface area contributed by atoms with E-state index in [9.17, 15) is 4.79 Å². The van der Waals surface area contributed by atoms with Crippen LogP contribution >= 0.6 is 0 Å². The van der Waals surface area contributed by atoms with Crippen molar-refractivity contribution in [3.05, 3.63) is 48.0 Å². The average Bonchev–Trinajstić information content (AvgIpc) is 2.33. The van der Waals surface area contributed by atoms with Gasteiger partial charge in [0.2, 0.25) is 0 Å². The third-order valence-electron chi connectivity index (χ3n) is 2.92. The Hall–Kier alpha value is -1.81. The van der Waals surface area contributed by atoms with Crippen molar-refractivity contribution < 1.29 is 9.53 Å². The van der Waals surface area contributed by atoms with Crippen molar-refractivity contribution >= 4 is 6.03 Å². The number of carbonyl (C=O) groups excluding carboxylic acids is 1. The van der Waals surface area contributed by atoms with Gasteiger partial charge >= 0.3 is 6.03 Å². The lowest BCUT2D eigenvalue weighted by molar-refractivity contribution is 0.0213. The van der Waals surface area contributed by atoms with Crippen molar-refractivity contribution in [3.63, 3.8) is 0 Å². The monoisotopic (exact) mass is 232 g/mol. The number of nitrogens with one attached hydrogen (secondary N) is 1. The molecule has 2 rings (SSSR count). The number of benzene rings is 1. The summed E-state index contributed by atoms with van der Waals surface area (Å²) in [7, 11) is 0. The summed E-state index contributed by atoms with van der Waals surface area (Å²) in [4.78, 5) is 10.7. The highest BCUT2D eigenvalue weighted by Gasteiger charge is 2.34. The van der Waals surface area contributed by atoms with E-state index in [-0.39, 0.29) is 12.1 Å². The SMILES string of the molecule is C=C1C(NC(N)=O)CC1OCc1ccccc1. The molecule has 17 heavy (non-hydrogen) atoms. The fraction of sp³-hybridized carbons (Fsp3) is 0.308. The standard InChI is InChI=1S/C13H16N2O2/c1-9-11(15-13(14)16)7-12(9)17-8-10-5-3-2-4-6-10/h2-6,11-12H,1,7-8H2,(H3,14,15,16). The molecule has 4 nitrogen and oxygen atoms in total. The van der Waals surface area contributed by atoms with Crippen LogP contribution < -0.4 is 11.1 Å². The zero-order chi connectivity index (χ0) is 12.3. The van der Waals surface area contributed by atoms with E-state index in [1.165, 1.54) is 0 Å². The Morgan fingerprint density at radius 3 is 2.76 bits per heavy atom. The molecule has 3 N–H and O–H groups in total. The van der Waals surface area contributed by atoms with Gasteiger partial charge in [0.15, 0.2) is 0 Å². The van der Waals surface area contributed by atoms with Gasteiger partial charge in [-0.15, -0.1) is 0 Å². The summed E-state index contributed by atoms with van der Waals surface area (Å²) in [6.45, 7) is 4.46. The molecule has 0 saturated heterocycles. The molecular formula is C13H16N2O2. The summed E-state index contributed by atoms with van der Waals surface area (Å²) >= 11 is 0. The van der Waals surface area contributed by atoms with Gasteiger partial charge in [0.25, 0.3) is 0 Å². The maximum absolute atomic E-state index is 10.7. The van der Waals surface area contributed by atoms with Gasteiger partial charge in [-0.3, -0.25) is 0 Å². The molecular weight excluding hydrogens is 216 g/mol. The van der Waals surface area contributed by atoms with Gasteiger partial charge in [-0.1, -0.05) is 36.9 Å². The first-order valence-corrected chi connectivity index (χ1v) is 5.57. The molecule has 1 fully saturated rings. The van der Waals surface area contributed by atoms with Gasteiger partial charge in [-0.25, -0.2) is 4.79 Å². The summed E-state index contributed by atoms with van der Waals surface area (Å²) in [5.41, 5.74) is 7.06. The van der Waals surface area contributed by atoms with Crippen LogP contribution in [0, 0.1) is 0 Å². The van der Waals surface area contributed by atoms with Gasteiger partial charge in [0.1, 0.15) is 0 Å². The molecule has 2 atom stereocenters. The maximum atomic E-state index is 10.7. The van der Waals surface area contributed by atoms with Crippen LogP contribution in [0.3, 0.4) is 0 Å². The molecule has 0 aliphatic heterocycles. The van der Waals surface area contributed by atoms with Gasteiger partial charge in [0.05, 0.1) is 18.8 Å². The Morgan fingerprint density at radius 2 is 2.18 bits per heavy atom. The molecule has 0 radical (unpaired) electrons. The average molecular weight is 232 g/mol. The summed E-state index contributed by atoms with van der Waals surface area (Å²) in [6.07, 6.45) is 0.765. The second kappa shape index (κ2) is 5.01. The first-order valence-electron chi connectivity index (χ1n) is 5.57. The maximum Gasteiger partial charge on any atom is 0.312 e. The second-order valence-electron chi connectivity index (χ2n) is 4.16. The van der Waals surface area contributed by atoms with Crippen molar-refractivity contribution in [1.82, 2.24) is 5.32 Å². The predicted octanol–water partition coefficient (Wildman–Crippen LogP) is 1.57. The first kappa shape index (κ1) is 11.7. The lowest BCUT2D eigenvalue weighted by Crippen LogP contribution is -2.51. The van der Waals surface area contributed by atoms with Crippen molar-refractivity contribution in [1.29, 1.82) is 0 Å². The molecule has 1 aliphatic carbocycles. The Labute approximate surface area is 100 Å². The van der Waals surface area contributed by atoms with E-state index in [2.05, 4.69) is 11.9 Å². The second-order valence-corrected chi connectivity index (χ2v) is 4.16. The summed E-state index contributed by atoms with van der Waals surface area (Å²) < 4.78 is 5.70. The highest BCUT2D eigenvalue weighted by atomic mass is 16.5. The minimum atomic E-state index is -0.516. The fourth-order valence-electron chi connectivity index (χ4n) is 1.85. The van der Waals surface area contributed by atoms with E-state index >= 15 is 0 Å². The largest absolute Gasteiger partial charge is 0.369 e. The number of rotatable bonds is 4. The Kier molecular flexibility index (Phi) is 3.44. The number of urea groups is 1. The molecule has 1 aromatic carbocycles. The fourth-order valence-corrected chi connectivity index (χ4v) is 1.85. The van der Waals surface area contributed by atoms with E-state index in [1.807, 2.05) is 30.3 Å². The van der Waals surface area contributed by atoms with Crippen LogP contribution in [-0.2, 0) is 11.3 Å². The Bertz CT molecular complexity index is 417.